The van der Waals surface area contributed by atoms with Crippen LogP contribution in [0.15, 0.2) is 61.2 Å². The molecule has 0 unspecified atom stereocenters. The van der Waals surface area contributed by atoms with Crippen molar-refractivity contribution < 1.29 is 9.59 Å². The molecule has 28 heavy (non-hydrogen) atoms. The van der Waals surface area contributed by atoms with E-state index < -0.39 is 5.91 Å². The zero-order valence-corrected chi connectivity index (χ0v) is 17.0. The van der Waals surface area contributed by atoms with Gasteiger partial charge in [0.1, 0.15) is 4.88 Å². The van der Waals surface area contributed by atoms with Gasteiger partial charge in [-0.25, -0.2) is 0 Å². The quantitative estimate of drug-likeness (QED) is 0.409. The smallest absolute Gasteiger partial charge is 0.269 e. The second-order valence-electron chi connectivity index (χ2n) is 5.69. The molecule has 8 heteroatoms. The number of hydrogen-bond donors (Lipinski definition) is 3. The molecule has 2 amide bonds. The zero-order valence-electron chi connectivity index (χ0n) is 14.6. The Labute approximate surface area is 176 Å². The lowest BCUT2D eigenvalue weighted by molar-refractivity contribution is 0.0956. The average Bonchev–Trinajstić information content (AvgIpc) is 3.03. The maximum Gasteiger partial charge on any atom is 0.269 e. The maximum atomic E-state index is 12.6. The van der Waals surface area contributed by atoms with Crippen molar-refractivity contribution in [1.82, 2.24) is 10.6 Å². The van der Waals surface area contributed by atoms with Crippen LogP contribution in [0.25, 0.3) is 10.1 Å². The van der Waals surface area contributed by atoms with Crippen LogP contribution in [0.2, 0.25) is 5.02 Å². The van der Waals surface area contributed by atoms with Crippen molar-refractivity contribution in [3.05, 3.63) is 76.6 Å². The minimum Gasteiger partial charge on any atom is -0.349 e. The second-order valence-corrected chi connectivity index (χ2v) is 7.53. The van der Waals surface area contributed by atoms with Crippen molar-refractivity contribution in [1.29, 1.82) is 0 Å². The number of benzene rings is 2. The van der Waals surface area contributed by atoms with E-state index >= 15 is 0 Å². The molecule has 0 spiro atoms. The summed E-state index contributed by atoms with van der Waals surface area (Å²) in [6.45, 7) is 3.92. The number of fused-ring (bicyclic) bond motifs is 1. The van der Waals surface area contributed by atoms with Crippen LogP contribution in [0.1, 0.15) is 20.0 Å². The van der Waals surface area contributed by atoms with Gasteiger partial charge in [0.05, 0.1) is 16.3 Å². The fraction of sp³-hybridized carbons (Fsp3) is 0.0500. The lowest BCUT2D eigenvalue weighted by atomic mass is 10.1. The summed E-state index contributed by atoms with van der Waals surface area (Å²) in [6, 6.07) is 14.4. The third kappa shape index (κ3) is 4.39. The van der Waals surface area contributed by atoms with Gasteiger partial charge < -0.3 is 10.6 Å². The fourth-order valence-electron chi connectivity index (χ4n) is 2.52. The summed E-state index contributed by atoms with van der Waals surface area (Å²) in [6.07, 6.45) is 1.59. The molecule has 0 radical (unpaired) electrons. The van der Waals surface area contributed by atoms with Gasteiger partial charge in [0.15, 0.2) is 5.11 Å². The Balaban J connectivity index is 1.73. The maximum absolute atomic E-state index is 12.6. The van der Waals surface area contributed by atoms with E-state index in [1.54, 1.807) is 30.3 Å². The van der Waals surface area contributed by atoms with Gasteiger partial charge in [-0.1, -0.05) is 48.0 Å². The molecule has 1 aromatic heterocycles. The van der Waals surface area contributed by atoms with Crippen molar-refractivity contribution in [2.75, 3.05) is 11.9 Å². The van der Waals surface area contributed by atoms with Gasteiger partial charge >= 0.3 is 0 Å². The molecule has 1 heterocycles. The summed E-state index contributed by atoms with van der Waals surface area (Å²) in [5.41, 5.74) is 0.887. The lowest BCUT2D eigenvalue weighted by Gasteiger charge is -2.13. The van der Waals surface area contributed by atoms with Crippen molar-refractivity contribution >= 4 is 67.9 Å². The molecular formula is C20H16ClN3O2S2. The highest BCUT2D eigenvalue weighted by Gasteiger charge is 2.18. The number of rotatable bonds is 5. The Morgan fingerprint density at radius 1 is 1.11 bits per heavy atom. The Morgan fingerprint density at radius 2 is 1.82 bits per heavy atom. The topological polar surface area (TPSA) is 70.2 Å². The zero-order chi connectivity index (χ0) is 20.1. The minimum absolute atomic E-state index is 0.0718. The molecule has 0 aliphatic carbocycles. The van der Waals surface area contributed by atoms with Crippen LogP contribution in [0.4, 0.5) is 5.69 Å². The Kier molecular flexibility index (Phi) is 6.41. The summed E-state index contributed by atoms with van der Waals surface area (Å²) in [5, 5.41) is 9.51. The standard InChI is InChI=1S/C20H16ClN3O2S2/c1-2-11-22-18(25)12-7-3-5-9-14(12)23-20(27)24-19(26)17-16(21)13-8-4-6-10-15(13)28-17/h2-10H,1,11H2,(H,22,25)(H2,23,24,26,27). The number of nitrogens with one attached hydrogen (secondary N) is 3. The average molecular weight is 430 g/mol. The summed E-state index contributed by atoms with van der Waals surface area (Å²) >= 11 is 12.9. The molecule has 0 fully saturated rings. The molecule has 0 bridgehead atoms. The number of amides is 2. The number of hydrogen-bond acceptors (Lipinski definition) is 4. The van der Waals surface area contributed by atoms with Crippen LogP contribution in [0, 0.1) is 0 Å². The van der Waals surface area contributed by atoms with Crippen molar-refractivity contribution in [2.24, 2.45) is 0 Å². The number of thiocarbonyl (C=S) groups is 1. The van der Waals surface area contributed by atoms with Gasteiger partial charge in [-0.15, -0.1) is 17.9 Å². The van der Waals surface area contributed by atoms with Crippen LogP contribution in [-0.2, 0) is 0 Å². The predicted molar refractivity (Wildman–Crippen MR) is 119 cm³/mol. The van der Waals surface area contributed by atoms with Gasteiger partial charge in [-0.05, 0) is 30.4 Å². The Morgan fingerprint density at radius 3 is 2.57 bits per heavy atom. The highest BCUT2D eigenvalue weighted by molar-refractivity contribution is 7.80. The molecule has 142 valence electrons. The first-order valence-electron chi connectivity index (χ1n) is 8.28. The van der Waals surface area contributed by atoms with Gasteiger partial charge in [0, 0.05) is 16.6 Å². The molecule has 0 aliphatic rings. The highest BCUT2D eigenvalue weighted by Crippen LogP contribution is 2.34. The van der Waals surface area contributed by atoms with Crippen molar-refractivity contribution in [2.45, 2.75) is 0 Å². The van der Waals surface area contributed by atoms with Crippen LogP contribution >= 0.6 is 35.2 Å². The summed E-state index contributed by atoms with van der Waals surface area (Å²) in [7, 11) is 0. The van der Waals surface area contributed by atoms with E-state index in [1.807, 2.05) is 24.3 Å². The van der Waals surface area contributed by atoms with E-state index in [0.29, 0.717) is 27.7 Å². The van der Waals surface area contributed by atoms with Gasteiger partial charge in [-0.2, -0.15) is 0 Å². The number of para-hydroxylation sites is 1. The molecule has 0 aliphatic heterocycles. The van der Waals surface area contributed by atoms with Gasteiger partial charge in [0.2, 0.25) is 0 Å². The molecule has 0 saturated heterocycles. The summed E-state index contributed by atoms with van der Waals surface area (Å²) < 4.78 is 0.917. The van der Waals surface area contributed by atoms with Crippen molar-refractivity contribution in [3.8, 4) is 0 Å². The number of halogens is 1. The normalized spacial score (nSPS) is 10.3. The van der Waals surface area contributed by atoms with E-state index in [0.717, 1.165) is 10.1 Å². The SMILES string of the molecule is C=CCNC(=O)c1ccccc1NC(=S)NC(=O)c1sc2ccccc2c1Cl. The van der Waals surface area contributed by atoms with E-state index in [2.05, 4.69) is 22.5 Å². The number of carbonyl (C=O) groups is 2. The third-order valence-corrected chi connectivity index (χ3v) is 5.67. The Bertz CT molecular complexity index is 1080. The monoisotopic (exact) mass is 429 g/mol. The first-order valence-corrected chi connectivity index (χ1v) is 9.89. The van der Waals surface area contributed by atoms with Gasteiger partial charge in [0.25, 0.3) is 11.8 Å². The number of thiophene rings is 1. The van der Waals surface area contributed by atoms with Gasteiger partial charge in [-0.3, -0.25) is 14.9 Å². The predicted octanol–water partition coefficient (Wildman–Crippen LogP) is 4.60. The van der Waals surface area contributed by atoms with Crippen LogP contribution in [0.5, 0.6) is 0 Å². The van der Waals surface area contributed by atoms with E-state index in [9.17, 15) is 9.59 Å². The van der Waals surface area contributed by atoms with Crippen LogP contribution in [0.3, 0.4) is 0 Å². The molecule has 3 rings (SSSR count). The van der Waals surface area contributed by atoms with E-state index in [1.165, 1.54) is 11.3 Å². The minimum atomic E-state index is -0.405. The Hall–Kier alpha value is -2.74. The molecule has 0 atom stereocenters. The van der Waals surface area contributed by atoms with E-state index in [-0.39, 0.29) is 11.0 Å². The largest absolute Gasteiger partial charge is 0.349 e. The fourth-order valence-corrected chi connectivity index (χ4v) is 4.14. The van der Waals surface area contributed by atoms with Crippen LogP contribution < -0.4 is 16.0 Å². The third-order valence-electron chi connectivity index (χ3n) is 3.80. The summed E-state index contributed by atoms with van der Waals surface area (Å²) in [5.74, 6) is -0.679. The van der Waals surface area contributed by atoms with Crippen LogP contribution in [-0.4, -0.2) is 23.5 Å². The second kappa shape index (κ2) is 8.97. The molecule has 5 nitrogen and oxygen atoms in total. The number of anilines is 1. The first-order chi connectivity index (χ1) is 13.5. The highest BCUT2D eigenvalue weighted by atomic mass is 35.5. The molecular weight excluding hydrogens is 414 g/mol. The lowest BCUT2D eigenvalue weighted by Crippen LogP contribution is -2.34. The first kappa shape index (κ1) is 20.0. The molecule has 2 aromatic carbocycles. The molecule has 3 aromatic rings. The van der Waals surface area contributed by atoms with Crippen molar-refractivity contribution in [3.63, 3.8) is 0 Å². The molecule has 0 saturated carbocycles. The summed E-state index contributed by atoms with van der Waals surface area (Å²) in [4.78, 5) is 25.2. The molecule has 3 N–H and O–H groups in total. The van der Waals surface area contributed by atoms with E-state index in [4.69, 9.17) is 23.8 Å². The number of carbonyl (C=O) groups excluding carboxylic acids is 2.